The molecule has 1 N–H and O–H groups in total. The van der Waals surface area contributed by atoms with E-state index in [1.165, 1.54) is 0 Å². The zero-order valence-corrected chi connectivity index (χ0v) is 12.0. The van der Waals surface area contributed by atoms with Gasteiger partial charge in [0.1, 0.15) is 5.75 Å². The van der Waals surface area contributed by atoms with Crippen LogP contribution in [-0.4, -0.2) is 12.0 Å². The molecule has 0 heterocycles. The normalized spacial score (nSPS) is 10.4. The van der Waals surface area contributed by atoms with Gasteiger partial charge in [0.25, 0.3) is 5.91 Å². The lowest BCUT2D eigenvalue weighted by Gasteiger charge is -2.11. The molecule has 20 heavy (non-hydrogen) atoms. The molecule has 0 saturated heterocycles. The van der Waals surface area contributed by atoms with Gasteiger partial charge in [-0.2, -0.15) is 0 Å². The molecule has 0 aliphatic heterocycles. The summed E-state index contributed by atoms with van der Waals surface area (Å²) in [5.74, 6) is 0.575. The van der Waals surface area contributed by atoms with Crippen molar-refractivity contribution >= 4 is 11.6 Å². The number of carbonyl (C=O) groups is 1. The Kier molecular flexibility index (Phi) is 4.41. The van der Waals surface area contributed by atoms with E-state index in [4.69, 9.17) is 4.74 Å². The van der Waals surface area contributed by atoms with Gasteiger partial charge in [0.15, 0.2) is 0 Å². The Morgan fingerprint density at radius 3 is 2.55 bits per heavy atom. The number of carbonyl (C=O) groups excluding carboxylic acids is 1. The number of aryl methyl sites for hydroxylation is 1. The lowest BCUT2D eigenvalue weighted by atomic mass is 10.1. The van der Waals surface area contributed by atoms with E-state index in [-0.39, 0.29) is 12.0 Å². The molecular formula is C17H19NO2. The van der Waals surface area contributed by atoms with Crippen molar-refractivity contribution in [1.82, 2.24) is 0 Å². The number of rotatable bonds is 4. The van der Waals surface area contributed by atoms with E-state index in [2.05, 4.69) is 5.32 Å². The molecule has 0 radical (unpaired) electrons. The second kappa shape index (κ2) is 6.24. The standard InChI is InChI=1S/C17H19NO2/c1-12(2)20-15-9-6-8-14(11-15)17(19)18-16-10-5-4-7-13(16)3/h4-12H,1-3H3,(H,18,19). The van der Waals surface area contributed by atoms with Crippen molar-refractivity contribution in [3.05, 3.63) is 59.7 Å². The molecule has 0 saturated carbocycles. The number of hydrogen-bond acceptors (Lipinski definition) is 2. The van der Waals surface area contributed by atoms with Crippen LogP contribution in [0.2, 0.25) is 0 Å². The minimum atomic E-state index is -0.131. The smallest absolute Gasteiger partial charge is 0.255 e. The van der Waals surface area contributed by atoms with Gasteiger partial charge in [0.05, 0.1) is 6.10 Å². The van der Waals surface area contributed by atoms with Crippen LogP contribution in [-0.2, 0) is 0 Å². The lowest BCUT2D eigenvalue weighted by molar-refractivity contribution is 0.102. The topological polar surface area (TPSA) is 38.3 Å². The Bertz CT molecular complexity index is 605. The number of benzene rings is 2. The van der Waals surface area contributed by atoms with Crippen molar-refractivity contribution < 1.29 is 9.53 Å². The first-order valence-electron chi connectivity index (χ1n) is 6.70. The van der Waals surface area contributed by atoms with Gasteiger partial charge in [-0.1, -0.05) is 24.3 Å². The van der Waals surface area contributed by atoms with Crippen molar-refractivity contribution in [3.8, 4) is 5.75 Å². The van der Waals surface area contributed by atoms with Crippen LogP contribution in [0.5, 0.6) is 5.75 Å². The Morgan fingerprint density at radius 2 is 1.85 bits per heavy atom. The van der Waals surface area contributed by atoms with Gasteiger partial charge in [-0.25, -0.2) is 0 Å². The molecular weight excluding hydrogens is 250 g/mol. The fraction of sp³-hybridized carbons (Fsp3) is 0.235. The van der Waals surface area contributed by atoms with Crippen LogP contribution in [0.4, 0.5) is 5.69 Å². The lowest BCUT2D eigenvalue weighted by Crippen LogP contribution is -2.13. The summed E-state index contributed by atoms with van der Waals surface area (Å²) in [6, 6.07) is 14.9. The van der Waals surface area contributed by atoms with E-state index < -0.39 is 0 Å². The van der Waals surface area contributed by atoms with Crippen LogP contribution in [0, 0.1) is 6.92 Å². The third-order valence-corrected chi connectivity index (χ3v) is 2.86. The van der Waals surface area contributed by atoms with E-state index in [0.717, 1.165) is 11.3 Å². The predicted molar refractivity (Wildman–Crippen MR) is 81.3 cm³/mol. The number of anilines is 1. The number of amides is 1. The fourth-order valence-corrected chi connectivity index (χ4v) is 1.89. The highest BCUT2D eigenvalue weighted by molar-refractivity contribution is 6.04. The molecule has 1 amide bonds. The summed E-state index contributed by atoms with van der Waals surface area (Å²) in [4.78, 5) is 12.2. The molecule has 0 atom stereocenters. The summed E-state index contributed by atoms with van der Waals surface area (Å²) >= 11 is 0. The van der Waals surface area contributed by atoms with Gasteiger partial charge >= 0.3 is 0 Å². The number of nitrogens with one attached hydrogen (secondary N) is 1. The number of ether oxygens (including phenoxy) is 1. The summed E-state index contributed by atoms with van der Waals surface area (Å²) in [6.07, 6.45) is 0.0877. The molecule has 0 aromatic heterocycles. The predicted octanol–water partition coefficient (Wildman–Crippen LogP) is 4.03. The minimum Gasteiger partial charge on any atom is -0.491 e. The SMILES string of the molecule is Cc1ccccc1NC(=O)c1cccc(OC(C)C)c1. The fourth-order valence-electron chi connectivity index (χ4n) is 1.89. The molecule has 2 aromatic rings. The molecule has 2 rings (SSSR count). The minimum absolute atomic E-state index is 0.0877. The van der Waals surface area contributed by atoms with E-state index in [1.54, 1.807) is 12.1 Å². The molecule has 0 spiro atoms. The second-order valence-corrected chi connectivity index (χ2v) is 4.96. The quantitative estimate of drug-likeness (QED) is 0.909. The average Bonchev–Trinajstić information content (AvgIpc) is 2.41. The molecule has 3 nitrogen and oxygen atoms in total. The molecule has 3 heteroatoms. The van der Waals surface area contributed by atoms with Crippen LogP contribution in [0.15, 0.2) is 48.5 Å². The van der Waals surface area contributed by atoms with Crippen LogP contribution >= 0.6 is 0 Å². The van der Waals surface area contributed by atoms with Crippen molar-refractivity contribution in [2.45, 2.75) is 26.9 Å². The third-order valence-electron chi connectivity index (χ3n) is 2.86. The molecule has 0 unspecified atom stereocenters. The first-order chi connectivity index (χ1) is 9.56. The van der Waals surface area contributed by atoms with Crippen molar-refractivity contribution in [2.75, 3.05) is 5.32 Å². The third kappa shape index (κ3) is 3.60. The van der Waals surface area contributed by atoms with Gasteiger partial charge in [-0.05, 0) is 50.6 Å². The van der Waals surface area contributed by atoms with Gasteiger partial charge in [-0.15, -0.1) is 0 Å². The molecule has 0 aliphatic carbocycles. The molecule has 2 aromatic carbocycles. The Labute approximate surface area is 119 Å². The summed E-state index contributed by atoms with van der Waals surface area (Å²) < 4.78 is 5.60. The van der Waals surface area contributed by atoms with Gasteiger partial charge in [-0.3, -0.25) is 4.79 Å². The van der Waals surface area contributed by atoms with E-state index in [1.807, 2.05) is 57.2 Å². The summed E-state index contributed by atoms with van der Waals surface area (Å²) in [7, 11) is 0. The second-order valence-electron chi connectivity index (χ2n) is 4.96. The molecule has 0 fully saturated rings. The summed E-state index contributed by atoms with van der Waals surface area (Å²) in [6.45, 7) is 5.88. The Hall–Kier alpha value is -2.29. The summed E-state index contributed by atoms with van der Waals surface area (Å²) in [5.41, 5.74) is 2.45. The Balaban J connectivity index is 2.15. The van der Waals surface area contributed by atoms with Gasteiger partial charge in [0.2, 0.25) is 0 Å². The van der Waals surface area contributed by atoms with Gasteiger partial charge < -0.3 is 10.1 Å². The van der Waals surface area contributed by atoms with E-state index in [0.29, 0.717) is 11.3 Å². The Morgan fingerprint density at radius 1 is 1.10 bits per heavy atom. The van der Waals surface area contributed by atoms with Gasteiger partial charge in [0, 0.05) is 11.3 Å². The van der Waals surface area contributed by atoms with Crippen LogP contribution in [0.1, 0.15) is 29.8 Å². The first-order valence-corrected chi connectivity index (χ1v) is 6.70. The van der Waals surface area contributed by atoms with Crippen molar-refractivity contribution in [1.29, 1.82) is 0 Å². The highest BCUT2D eigenvalue weighted by Crippen LogP contribution is 2.18. The van der Waals surface area contributed by atoms with Crippen LogP contribution in [0.25, 0.3) is 0 Å². The van der Waals surface area contributed by atoms with Crippen LogP contribution < -0.4 is 10.1 Å². The average molecular weight is 269 g/mol. The zero-order valence-electron chi connectivity index (χ0n) is 12.0. The highest BCUT2D eigenvalue weighted by atomic mass is 16.5. The maximum absolute atomic E-state index is 12.2. The van der Waals surface area contributed by atoms with E-state index in [9.17, 15) is 4.79 Å². The highest BCUT2D eigenvalue weighted by Gasteiger charge is 2.09. The summed E-state index contributed by atoms with van der Waals surface area (Å²) in [5, 5.41) is 2.91. The monoisotopic (exact) mass is 269 g/mol. The molecule has 104 valence electrons. The molecule has 0 aliphatic rings. The van der Waals surface area contributed by atoms with E-state index >= 15 is 0 Å². The first kappa shape index (κ1) is 14.1. The largest absolute Gasteiger partial charge is 0.491 e. The number of hydrogen-bond donors (Lipinski definition) is 1. The molecule has 0 bridgehead atoms. The van der Waals surface area contributed by atoms with Crippen molar-refractivity contribution in [2.24, 2.45) is 0 Å². The zero-order chi connectivity index (χ0) is 14.5. The van der Waals surface area contributed by atoms with Crippen molar-refractivity contribution in [3.63, 3.8) is 0 Å². The number of para-hydroxylation sites is 1. The van der Waals surface area contributed by atoms with Crippen LogP contribution in [0.3, 0.4) is 0 Å². The maximum atomic E-state index is 12.2. The maximum Gasteiger partial charge on any atom is 0.255 e.